The van der Waals surface area contributed by atoms with E-state index in [0.29, 0.717) is 18.9 Å². The predicted octanol–water partition coefficient (Wildman–Crippen LogP) is 1.16. The fourth-order valence-electron chi connectivity index (χ4n) is 2.20. The molecule has 1 N–H and O–H groups in total. The van der Waals surface area contributed by atoms with Gasteiger partial charge in [0.05, 0.1) is 0 Å². The van der Waals surface area contributed by atoms with Crippen molar-refractivity contribution >= 4 is 11.8 Å². The number of nitrogens with zero attached hydrogens (tertiary/aromatic N) is 1. The van der Waals surface area contributed by atoms with Crippen LogP contribution in [0.15, 0.2) is 0 Å². The molecule has 0 aromatic rings. The van der Waals surface area contributed by atoms with Crippen LogP contribution < -0.4 is 5.32 Å². The lowest BCUT2D eigenvalue weighted by Crippen LogP contribution is -2.46. The van der Waals surface area contributed by atoms with E-state index in [1.54, 1.807) is 6.92 Å². The zero-order valence-corrected chi connectivity index (χ0v) is 10.6. The molecule has 0 saturated carbocycles. The molecule has 0 bridgehead atoms. The Bertz CT molecular complexity index is 276. The minimum atomic E-state index is -0.385. The number of carbonyl (C=O) groups excluding carboxylic acids is 2. The molecule has 0 aromatic heterocycles. The van der Waals surface area contributed by atoms with E-state index < -0.39 is 0 Å². The van der Waals surface area contributed by atoms with E-state index in [0.717, 1.165) is 6.42 Å². The Morgan fingerprint density at radius 1 is 1.38 bits per heavy atom. The Balaban J connectivity index is 2.70. The van der Waals surface area contributed by atoms with E-state index in [1.165, 1.54) is 0 Å². The van der Waals surface area contributed by atoms with Gasteiger partial charge in [0.25, 0.3) is 0 Å². The third-order valence-electron chi connectivity index (χ3n) is 2.96. The Kier molecular flexibility index (Phi) is 4.33. The van der Waals surface area contributed by atoms with Gasteiger partial charge in [0, 0.05) is 19.0 Å². The highest BCUT2D eigenvalue weighted by Crippen LogP contribution is 2.14. The summed E-state index contributed by atoms with van der Waals surface area (Å²) in [7, 11) is 0. The van der Waals surface area contributed by atoms with Gasteiger partial charge in [0.15, 0.2) is 0 Å². The van der Waals surface area contributed by atoms with Gasteiger partial charge in [-0.15, -0.1) is 0 Å². The minimum absolute atomic E-state index is 0.0277. The average molecular weight is 226 g/mol. The van der Waals surface area contributed by atoms with Gasteiger partial charge >= 0.3 is 0 Å². The Morgan fingerprint density at radius 3 is 2.56 bits per heavy atom. The first-order chi connectivity index (χ1) is 7.41. The van der Waals surface area contributed by atoms with Crippen LogP contribution in [0.3, 0.4) is 0 Å². The molecule has 1 heterocycles. The summed E-state index contributed by atoms with van der Waals surface area (Å²) in [5.41, 5.74) is 0. The molecule has 1 aliphatic rings. The van der Waals surface area contributed by atoms with Gasteiger partial charge in [-0.25, -0.2) is 0 Å². The van der Waals surface area contributed by atoms with Gasteiger partial charge in [-0.05, 0) is 26.2 Å². The first-order valence-electron chi connectivity index (χ1n) is 6.01. The molecule has 4 heteroatoms. The number of hydrogen-bond acceptors (Lipinski definition) is 2. The number of hydrogen-bond donors (Lipinski definition) is 1. The summed E-state index contributed by atoms with van der Waals surface area (Å²) < 4.78 is 0. The predicted molar refractivity (Wildman–Crippen MR) is 62.9 cm³/mol. The summed E-state index contributed by atoms with van der Waals surface area (Å²) >= 11 is 0. The molecule has 16 heavy (non-hydrogen) atoms. The van der Waals surface area contributed by atoms with Crippen molar-refractivity contribution in [1.82, 2.24) is 10.2 Å². The molecule has 0 aliphatic carbocycles. The molecule has 2 atom stereocenters. The molecule has 92 valence electrons. The van der Waals surface area contributed by atoms with Crippen molar-refractivity contribution in [1.29, 1.82) is 0 Å². The summed E-state index contributed by atoms with van der Waals surface area (Å²) in [5, 5.41) is 2.70. The topological polar surface area (TPSA) is 49.4 Å². The Morgan fingerprint density at radius 2 is 2.00 bits per heavy atom. The number of nitrogens with one attached hydrogen (secondary N) is 1. The van der Waals surface area contributed by atoms with Gasteiger partial charge in [-0.1, -0.05) is 13.8 Å². The molecule has 4 nitrogen and oxygen atoms in total. The highest BCUT2D eigenvalue weighted by atomic mass is 16.2. The Hall–Kier alpha value is -1.06. The smallest absolute Gasteiger partial charge is 0.245 e. The maximum absolute atomic E-state index is 12.0. The molecule has 1 rings (SSSR count). The first kappa shape index (κ1) is 13.0. The maximum Gasteiger partial charge on any atom is 0.245 e. The molecular weight excluding hydrogens is 204 g/mol. The standard InChI is InChI=1S/C12H22N2O2/c1-8(2)7-9(3)14-6-5-11(15)13-10(4)12(14)16/h8-10H,5-7H2,1-4H3,(H,13,15). The van der Waals surface area contributed by atoms with Gasteiger partial charge < -0.3 is 10.2 Å². The van der Waals surface area contributed by atoms with Crippen molar-refractivity contribution in [2.24, 2.45) is 5.92 Å². The van der Waals surface area contributed by atoms with Crippen LogP contribution in [0.5, 0.6) is 0 Å². The normalized spacial score (nSPS) is 24.3. The summed E-state index contributed by atoms with van der Waals surface area (Å²) in [6.07, 6.45) is 1.39. The van der Waals surface area contributed by atoms with E-state index >= 15 is 0 Å². The summed E-state index contributed by atoms with van der Waals surface area (Å²) in [6, 6.07) is -0.174. The van der Waals surface area contributed by atoms with Crippen LogP contribution in [-0.4, -0.2) is 35.3 Å². The molecule has 2 amide bonds. The molecule has 0 aromatic carbocycles. The number of rotatable bonds is 3. The van der Waals surface area contributed by atoms with Crippen LogP contribution in [0.1, 0.15) is 40.5 Å². The van der Waals surface area contributed by atoms with E-state index in [1.807, 2.05) is 4.90 Å². The molecule has 1 aliphatic heterocycles. The zero-order valence-electron chi connectivity index (χ0n) is 10.6. The van der Waals surface area contributed by atoms with E-state index in [-0.39, 0.29) is 23.9 Å². The van der Waals surface area contributed by atoms with E-state index in [4.69, 9.17) is 0 Å². The zero-order chi connectivity index (χ0) is 12.3. The maximum atomic E-state index is 12.0. The van der Waals surface area contributed by atoms with Gasteiger partial charge in [0.2, 0.25) is 11.8 Å². The highest BCUT2D eigenvalue weighted by Gasteiger charge is 2.29. The molecule has 2 unspecified atom stereocenters. The fraction of sp³-hybridized carbons (Fsp3) is 0.833. The van der Waals surface area contributed by atoms with Gasteiger partial charge in [-0.3, -0.25) is 9.59 Å². The Labute approximate surface area is 97.4 Å². The van der Waals surface area contributed by atoms with Crippen LogP contribution in [0.25, 0.3) is 0 Å². The first-order valence-corrected chi connectivity index (χ1v) is 6.01. The molecule has 1 saturated heterocycles. The summed E-state index contributed by atoms with van der Waals surface area (Å²) in [6.45, 7) is 8.64. The largest absolute Gasteiger partial charge is 0.345 e. The van der Waals surface area contributed by atoms with Gasteiger partial charge in [0.1, 0.15) is 6.04 Å². The lowest BCUT2D eigenvalue weighted by molar-refractivity contribution is -0.135. The second-order valence-corrected chi connectivity index (χ2v) is 5.05. The fourth-order valence-corrected chi connectivity index (χ4v) is 2.20. The van der Waals surface area contributed by atoms with E-state index in [2.05, 4.69) is 26.1 Å². The monoisotopic (exact) mass is 226 g/mol. The quantitative estimate of drug-likeness (QED) is 0.785. The van der Waals surface area contributed by atoms with Crippen molar-refractivity contribution in [2.75, 3.05) is 6.54 Å². The lowest BCUT2D eigenvalue weighted by Gasteiger charge is -2.30. The van der Waals surface area contributed by atoms with Gasteiger partial charge in [-0.2, -0.15) is 0 Å². The second-order valence-electron chi connectivity index (χ2n) is 5.05. The van der Waals surface area contributed by atoms with Crippen molar-refractivity contribution in [2.45, 2.75) is 52.6 Å². The molecule has 0 radical (unpaired) electrons. The number of carbonyl (C=O) groups is 2. The molecular formula is C12H22N2O2. The highest BCUT2D eigenvalue weighted by molar-refractivity contribution is 5.89. The van der Waals surface area contributed by atoms with Crippen LogP contribution >= 0.6 is 0 Å². The second kappa shape index (κ2) is 5.32. The van der Waals surface area contributed by atoms with Crippen LogP contribution in [0, 0.1) is 5.92 Å². The van der Waals surface area contributed by atoms with Crippen LogP contribution in [0.2, 0.25) is 0 Å². The molecule has 0 spiro atoms. The van der Waals surface area contributed by atoms with E-state index in [9.17, 15) is 9.59 Å². The SMILES string of the molecule is CC(C)CC(C)N1CCC(=O)NC(C)C1=O. The van der Waals surface area contributed by atoms with Crippen LogP contribution in [-0.2, 0) is 9.59 Å². The van der Waals surface area contributed by atoms with Crippen molar-refractivity contribution in [3.8, 4) is 0 Å². The average Bonchev–Trinajstić information content (AvgIpc) is 2.26. The summed E-state index contributed by atoms with van der Waals surface area (Å²) in [4.78, 5) is 25.2. The van der Waals surface area contributed by atoms with Crippen LogP contribution in [0.4, 0.5) is 0 Å². The van der Waals surface area contributed by atoms with Crippen molar-refractivity contribution < 1.29 is 9.59 Å². The minimum Gasteiger partial charge on any atom is -0.345 e. The molecule has 1 fully saturated rings. The van der Waals surface area contributed by atoms with Crippen molar-refractivity contribution in [3.63, 3.8) is 0 Å². The number of amides is 2. The lowest BCUT2D eigenvalue weighted by atomic mass is 10.0. The summed E-state index contributed by atoms with van der Waals surface area (Å²) in [5.74, 6) is 0.573. The van der Waals surface area contributed by atoms with Crippen molar-refractivity contribution in [3.05, 3.63) is 0 Å². The third kappa shape index (κ3) is 3.22. The third-order valence-corrected chi connectivity index (χ3v) is 2.96.